The van der Waals surface area contributed by atoms with Crippen molar-refractivity contribution in [1.29, 1.82) is 0 Å². The van der Waals surface area contributed by atoms with Gasteiger partial charge in [0, 0.05) is 31.7 Å². The van der Waals surface area contributed by atoms with Crippen molar-refractivity contribution in [3.63, 3.8) is 0 Å². The van der Waals surface area contributed by atoms with E-state index in [9.17, 15) is 9.59 Å². The summed E-state index contributed by atoms with van der Waals surface area (Å²) in [5.41, 5.74) is 2.00. The molecule has 0 aromatic heterocycles. The number of hydrogen-bond acceptors (Lipinski definition) is 6. The second-order valence-electron chi connectivity index (χ2n) is 7.72. The van der Waals surface area contributed by atoms with Crippen LogP contribution in [-0.4, -0.2) is 68.1 Å². The molecule has 7 heteroatoms. The molecule has 1 saturated heterocycles. The molecular formula is C25H29N3O4. The van der Waals surface area contributed by atoms with Crippen molar-refractivity contribution in [2.24, 2.45) is 0 Å². The summed E-state index contributed by atoms with van der Waals surface area (Å²) in [6.07, 6.45) is 0. The Hall–Kier alpha value is -3.32. The molecule has 32 heavy (non-hydrogen) atoms. The van der Waals surface area contributed by atoms with E-state index in [-0.39, 0.29) is 11.8 Å². The highest BCUT2D eigenvalue weighted by atomic mass is 16.5. The van der Waals surface area contributed by atoms with Gasteiger partial charge in [-0.15, -0.1) is 0 Å². The van der Waals surface area contributed by atoms with E-state index >= 15 is 0 Å². The molecule has 2 aliphatic rings. The van der Waals surface area contributed by atoms with E-state index in [0.29, 0.717) is 53.7 Å². The molecule has 7 nitrogen and oxygen atoms in total. The number of para-hydroxylation sites is 1. The molecule has 0 atom stereocenters. The van der Waals surface area contributed by atoms with Crippen molar-refractivity contribution < 1.29 is 19.1 Å². The van der Waals surface area contributed by atoms with E-state index in [1.54, 1.807) is 31.4 Å². The zero-order chi connectivity index (χ0) is 22.7. The van der Waals surface area contributed by atoms with Crippen LogP contribution in [0, 0.1) is 0 Å². The van der Waals surface area contributed by atoms with Gasteiger partial charge in [-0.25, -0.2) is 4.90 Å². The van der Waals surface area contributed by atoms with Gasteiger partial charge in [0.25, 0.3) is 11.8 Å². The van der Waals surface area contributed by atoms with Crippen LogP contribution in [-0.2, 0) is 9.59 Å². The molecular weight excluding hydrogens is 406 g/mol. The Labute approximate surface area is 188 Å². The highest BCUT2D eigenvalue weighted by molar-refractivity contribution is 6.45. The van der Waals surface area contributed by atoms with Gasteiger partial charge in [-0.2, -0.15) is 0 Å². The number of ether oxygens (including phenoxy) is 2. The highest BCUT2D eigenvalue weighted by Crippen LogP contribution is 2.38. The highest BCUT2D eigenvalue weighted by Gasteiger charge is 2.43. The summed E-state index contributed by atoms with van der Waals surface area (Å²) in [5, 5.41) is 0. The largest absolute Gasteiger partial charge is 0.496 e. The number of benzene rings is 2. The lowest BCUT2D eigenvalue weighted by Crippen LogP contribution is -2.47. The summed E-state index contributed by atoms with van der Waals surface area (Å²) in [6, 6.07) is 14.4. The third-order valence-electron chi connectivity index (χ3n) is 5.98. The number of likely N-dealkylation sites (N-methyl/N-ethyl adjacent to an activating group) is 1. The molecule has 2 aliphatic heterocycles. The molecule has 2 aromatic rings. The number of piperazine rings is 1. The quantitative estimate of drug-likeness (QED) is 0.623. The van der Waals surface area contributed by atoms with Gasteiger partial charge in [-0.3, -0.25) is 9.59 Å². The van der Waals surface area contributed by atoms with E-state index in [1.165, 1.54) is 4.90 Å². The minimum atomic E-state index is -0.336. The van der Waals surface area contributed by atoms with Crippen molar-refractivity contribution >= 4 is 23.1 Å². The van der Waals surface area contributed by atoms with Gasteiger partial charge in [0.1, 0.15) is 17.2 Å². The van der Waals surface area contributed by atoms with Crippen molar-refractivity contribution in [3.8, 4) is 11.5 Å². The Bertz CT molecular complexity index is 1020. The van der Waals surface area contributed by atoms with Gasteiger partial charge in [0.15, 0.2) is 0 Å². The van der Waals surface area contributed by atoms with Crippen LogP contribution in [0.25, 0.3) is 5.57 Å². The molecule has 2 aromatic carbocycles. The second kappa shape index (κ2) is 9.44. The molecule has 0 N–H and O–H groups in total. The zero-order valence-electron chi connectivity index (χ0n) is 18.8. The molecule has 2 amide bonds. The maximum Gasteiger partial charge on any atom is 0.282 e. The first-order chi connectivity index (χ1) is 15.6. The van der Waals surface area contributed by atoms with E-state index in [0.717, 1.165) is 19.6 Å². The van der Waals surface area contributed by atoms with Gasteiger partial charge in [0.05, 0.1) is 25.0 Å². The fourth-order valence-corrected chi connectivity index (χ4v) is 4.29. The van der Waals surface area contributed by atoms with E-state index in [2.05, 4.69) is 11.8 Å². The lowest BCUT2D eigenvalue weighted by atomic mass is 10.0. The number of hydrogen-bond donors (Lipinski definition) is 0. The summed E-state index contributed by atoms with van der Waals surface area (Å²) in [5.74, 6) is 0.632. The molecule has 4 rings (SSSR count). The van der Waals surface area contributed by atoms with Crippen LogP contribution < -0.4 is 14.4 Å². The minimum absolute atomic E-state index is 0.301. The number of nitrogens with zero attached hydrogens (tertiary/aromatic N) is 3. The molecule has 0 unspecified atom stereocenters. The summed E-state index contributed by atoms with van der Waals surface area (Å²) >= 11 is 0. The monoisotopic (exact) mass is 435 g/mol. The molecule has 2 heterocycles. The molecule has 0 aliphatic carbocycles. The Morgan fingerprint density at radius 3 is 2.19 bits per heavy atom. The Balaban J connectivity index is 1.76. The van der Waals surface area contributed by atoms with Gasteiger partial charge in [-0.1, -0.05) is 25.1 Å². The third-order valence-corrected chi connectivity index (χ3v) is 5.98. The standard InChI is InChI=1S/C25H29N3O4/c1-4-26-14-16-27(17-15-26)23-22(20-8-6-7-9-21(20)31-3)24(29)28(25(23)30)18-10-12-19(13-11-18)32-5-2/h6-13H,4-5,14-17H2,1-3H3. The molecule has 0 saturated carbocycles. The van der Waals surface area contributed by atoms with E-state index in [1.807, 2.05) is 36.1 Å². The first-order valence-electron chi connectivity index (χ1n) is 11.1. The predicted octanol–water partition coefficient (Wildman–Crippen LogP) is 3.02. The van der Waals surface area contributed by atoms with Crippen molar-refractivity contribution in [2.45, 2.75) is 13.8 Å². The lowest BCUT2D eigenvalue weighted by Gasteiger charge is -2.36. The zero-order valence-corrected chi connectivity index (χ0v) is 18.8. The smallest absolute Gasteiger partial charge is 0.282 e. The number of methoxy groups -OCH3 is 1. The van der Waals surface area contributed by atoms with E-state index in [4.69, 9.17) is 9.47 Å². The van der Waals surface area contributed by atoms with Crippen LogP contribution in [0.15, 0.2) is 54.2 Å². The number of anilines is 1. The summed E-state index contributed by atoms with van der Waals surface area (Å²) in [4.78, 5) is 33.0. The Morgan fingerprint density at radius 2 is 1.56 bits per heavy atom. The Kier molecular flexibility index (Phi) is 6.46. The number of carbonyl (C=O) groups excluding carboxylic acids is 2. The van der Waals surface area contributed by atoms with Crippen LogP contribution in [0.5, 0.6) is 11.5 Å². The van der Waals surface area contributed by atoms with Crippen LogP contribution in [0.1, 0.15) is 19.4 Å². The number of carbonyl (C=O) groups is 2. The van der Waals surface area contributed by atoms with Gasteiger partial charge in [0.2, 0.25) is 0 Å². The summed E-state index contributed by atoms with van der Waals surface area (Å²) in [7, 11) is 1.57. The second-order valence-corrected chi connectivity index (χ2v) is 7.72. The van der Waals surface area contributed by atoms with Crippen molar-refractivity contribution in [1.82, 2.24) is 9.80 Å². The average Bonchev–Trinajstić information content (AvgIpc) is 3.09. The number of amides is 2. The summed E-state index contributed by atoms with van der Waals surface area (Å²) in [6.45, 7) is 8.65. The molecule has 0 radical (unpaired) electrons. The van der Waals surface area contributed by atoms with Crippen LogP contribution in [0.2, 0.25) is 0 Å². The van der Waals surface area contributed by atoms with Crippen LogP contribution in [0.4, 0.5) is 5.69 Å². The first kappa shape index (κ1) is 21.9. The lowest BCUT2D eigenvalue weighted by molar-refractivity contribution is -0.120. The number of imide groups is 1. The fourth-order valence-electron chi connectivity index (χ4n) is 4.29. The predicted molar refractivity (Wildman–Crippen MR) is 124 cm³/mol. The van der Waals surface area contributed by atoms with E-state index < -0.39 is 0 Å². The third kappa shape index (κ3) is 3.96. The summed E-state index contributed by atoms with van der Waals surface area (Å²) < 4.78 is 11.0. The molecule has 0 bridgehead atoms. The molecule has 0 spiro atoms. The molecule has 168 valence electrons. The fraction of sp³-hybridized carbons (Fsp3) is 0.360. The van der Waals surface area contributed by atoms with Crippen LogP contribution >= 0.6 is 0 Å². The van der Waals surface area contributed by atoms with Crippen molar-refractivity contribution in [2.75, 3.05) is 51.3 Å². The maximum absolute atomic E-state index is 13.7. The SMILES string of the molecule is CCOc1ccc(N2C(=O)C(c3ccccc3OC)=C(N3CCN(CC)CC3)C2=O)cc1. The minimum Gasteiger partial charge on any atom is -0.496 e. The first-order valence-corrected chi connectivity index (χ1v) is 11.1. The topological polar surface area (TPSA) is 62.3 Å². The van der Waals surface area contributed by atoms with Crippen molar-refractivity contribution in [3.05, 3.63) is 59.8 Å². The van der Waals surface area contributed by atoms with Crippen LogP contribution in [0.3, 0.4) is 0 Å². The Morgan fingerprint density at radius 1 is 0.875 bits per heavy atom. The van der Waals surface area contributed by atoms with Gasteiger partial charge < -0.3 is 19.3 Å². The normalized spacial score (nSPS) is 17.3. The number of rotatable bonds is 7. The van der Waals surface area contributed by atoms with Gasteiger partial charge in [-0.05, 0) is 43.8 Å². The van der Waals surface area contributed by atoms with Gasteiger partial charge >= 0.3 is 0 Å². The molecule has 1 fully saturated rings. The average molecular weight is 436 g/mol. The maximum atomic E-state index is 13.7.